The van der Waals surface area contributed by atoms with E-state index in [4.69, 9.17) is 5.73 Å². The van der Waals surface area contributed by atoms with Gasteiger partial charge in [0.25, 0.3) is 0 Å². The molecule has 1 atom stereocenters. The molecule has 0 radical (unpaired) electrons. The highest BCUT2D eigenvalue weighted by Crippen LogP contribution is 2.29. The van der Waals surface area contributed by atoms with Crippen LogP contribution in [0.1, 0.15) is 6.42 Å². The summed E-state index contributed by atoms with van der Waals surface area (Å²) < 4.78 is 36.6. The second kappa shape index (κ2) is 4.79. The SMILES string of the molecule is NCC1(Nc2ccc(F)c(Br)c2)CCS(=O)(=O)C1. The lowest BCUT2D eigenvalue weighted by molar-refractivity contribution is 0.533. The zero-order valence-corrected chi connectivity index (χ0v) is 12.0. The Morgan fingerprint density at radius 1 is 1.50 bits per heavy atom. The van der Waals surface area contributed by atoms with E-state index < -0.39 is 15.4 Å². The summed E-state index contributed by atoms with van der Waals surface area (Å²) in [5, 5.41) is 3.13. The van der Waals surface area contributed by atoms with Crippen LogP contribution in [-0.2, 0) is 9.84 Å². The molecule has 0 amide bonds. The van der Waals surface area contributed by atoms with Gasteiger partial charge >= 0.3 is 0 Å². The molecule has 0 aromatic heterocycles. The van der Waals surface area contributed by atoms with E-state index in [0.717, 1.165) is 0 Å². The lowest BCUT2D eigenvalue weighted by Crippen LogP contribution is -2.46. The van der Waals surface area contributed by atoms with Gasteiger partial charge in [-0.15, -0.1) is 0 Å². The molecule has 7 heteroatoms. The van der Waals surface area contributed by atoms with E-state index in [2.05, 4.69) is 21.2 Å². The van der Waals surface area contributed by atoms with Crippen LogP contribution in [0.4, 0.5) is 10.1 Å². The Labute approximate surface area is 114 Å². The molecule has 100 valence electrons. The molecule has 0 spiro atoms. The predicted octanol–water partition coefficient (Wildman–Crippen LogP) is 1.52. The molecule has 1 saturated heterocycles. The molecule has 1 aromatic carbocycles. The number of halogens is 2. The third kappa shape index (κ3) is 2.84. The van der Waals surface area contributed by atoms with E-state index in [1.807, 2.05) is 0 Å². The summed E-state index contributed by atoms with van der Waals surface area (Å²) in [4.78, 5) is 0. The average Bonchev–Trinajstić information content (AvgIpc) is 2.60. The summed E-state index contributed by atoms with van der Waals surface area (Å²) in [6, 6.07) is 4.47. The van der Waals surface area contributed by atoms with Crippen LogP contribution in [0.25, 0.3) is 0 Å². The van der Waals surface area contributed by atoms with Gasteiger partial charge in [-0.05, 0) is 40.5 Å². The summed E-state index contributed by atoms with van der Waals surface area (Å²) in [5.74, 6) is -0.202. The van der Waals surface area contributed by atoms with E-state index >= 15 is 0 Å². The molecule has 0 saturated carbocycles. The molecule has 0 bridgehead atoms. The highest BCUT2D eigenvalue weighted by molar-refractivity contribution is 9.10. The molecule has 4 nitrogen and oxygen atoms in total. The van der Waals surface area contributed by atoms with Crippen LogP contribution in [0.2, 0.25) is 0 Å². The lowest BCUT2D eigenvalue weighted by Gasteiger charge is -2.28. The van der Waals surface area contributed by atoms with E-state index in [1.165, 1.54) is 6.07 Å². The topological polar surface area (TPSA) is 72.2 Å². The molecule has 1 aliphatic heterocycles. The monoisotopic (exact) mass is 336 g/mol. The number of hydrogen-bond donors (Lipinski definition) is 2. The number of nitrogens with two attached hydrogens (primary N) is 1. The first-order valence-electron chi connectivity index (χ1n) is 5.50. The minimum Gasteiger partial charge on any atom is -0.377 e. The van der Waals surface area contributed by atoms with E-state index in [0.29, 0.717) is 16.6 Å². The van der Waals surface area contributed by atoms with Crippen LogP contribution in [0.3, 0.4) is 0 Å². The zero-order chi connectivity index (χ0) is 13.4. The van der Waals surface area contributed by atoms with Crippen LogP contribution in [0, 0.1) is 5.82 Å². The highest BCUT2D eigenvalue weighted by Gasteiger charge is 2.41. The first-order valence-corrected chi connectivity index (χ1v) is 8.11. The van der Waals surface area contributed by atoms with Gasteiger partial charge in [0.05, 0.1) is 21.5 Å². The summed E-state index contributed by atoms with van der Waals surface area (Å²) in [7, 11) is -3.03. The Hall–Kier alpha value is -0.660. The van der Waals surface area contributed by atoms with Crippen molar-refractivity contribution in [1.29, 1.82) is 0 Å². The fourth-order valence-corrected chi connectivity index (χ4v) is 4.51. The molecule has 1 aliphatic rings. The fourth-order valence-electron chi connectivity index (χ4n) is 2.11. The van der Waals surface area contributed by atoms with Gasteiger partial charge in [0.1, 0.15) is 5.82 Å². The second-order valence-corrected chi connectivity index (χ2v) is 7.62. The van der Waals surface area contributed by atoms with Crippen molar-refractivity contribution in [3.05, 3.63) is 28.5 Å². The quantitative estimate of drug-likeness (QED) is 0.877. The maximum Gasteiger partial charge on any atom is 0.152 e. The molecule has 1 heterocycles. The van der Waals surface area contributed by atoms with Gasteiger partial charge < -0.3 is 11.1 Å². The fraction of sp³-hybridized carbons (Fsp3) is 0.455. The van der Waals surface area contributed by atoms with Gasteiger partial charge in [0.15, 0.2) is 9.84 Å². The van der Waals surface area contributed by atoms with Gasteiger partial charge in [-0.2, -0.15) is 0 Å². The Morgan fingerprint density at radius 3 is 2.72 bits per heavy atom. The van der Waals surface area contributed by atoms with Crippen molar-refractivity contribution >= 4 is 31.5 Å². The zero-order valence-electron chi connectivity index (χ0n) is 9.62. The van der Waals surface area contributed by atoms with Gasteiger partial charge in [-0.1, -0.05) is 0 Å². The molecule has 3 N–H and O–H groups in total. The van der Waals surface area contributed by atoms with Crippen molar-refractivity contribution in [1.82, 2.24) is 0 Å². The van der Waals surface area contributed by atoms with Gasteiger partial charge in [-0.3, -0.25) is 0 Å². The van der Waals surface area contributed by atoms with Gasteiger partial charge in [0, 0.05) is 12.2 Å². The minimum atomic E-state index is -3.03. The maximum atomic E-state index is 13.1. The maximum absolute atomic E-state index is 13.1. The van der Waals surface area contributed by atoms with Crippen LogP contribution in [0.5, 0.6) is 0 Å². The van der Waals surface area contributed by atoms with Crippen LogP contribution < -0.4 is 11.1 Å². The predicted molar refractivity (Wildman–Crippen MR) is 72.8 cm³/mol. The standard InChI is InChI=1S/C11H14BrFN2O2S/c12-9-5-8(1-2-10(9)13)15-11(6-14)3-4-18(16,17)7-11/h1-2,5,15H,3-4,6-7,14H2. The molecule has 18 heavy (non-hydrogen) atoms. The number of nitrogens with one attached hydrogen (secondary N) is 1. The lowest BCUT2D eigenvalue weighted by atomic mass is 9.99. The van der Waals surface area contributed by atoms with Gasteiger partial charge in [0.2, 0.25) is 0 Å². The molecule has 2 rings (SSSR count). The van der Waals surface area contributed by atoms with Crippen molar-refractivity contribution in [2.24, 2.45) is 5.73 Å². The normalized spacial score (nSPS) is 26.2. The molecule has 1 fully saturated rings. The smallest absolute Gasteiger partial charge is 0.152 e. The van der Waals surface area contributed by atoms with Crippen molar-refractivity contribution in [3.8, 4) is 0 Å². The molecule has 0 aliphatic carbocycles. The van der Waals surface area contributed by atoms with Crippen molar-refractivity contribution in [2.45, 2.75) is 12.0 Å². The minimum absolute atomic E-state index is 0.0193. The van der Waals surface area contributed by atoms with Crippen molar-refractivity contribution in [2.75, 3.05) is 23.4 Å². The third-order valence-corrected chi connectivity index (χ3v) is 5.53. The summed E-state index contributed by atoms with van der Waals surface area (Å²) >= 11 is 3.09. The molecule has 1 aromatic rings. The van der Waals surface area contributed by atoms with Crippen molar-refractivity contribution in [3.63, 3.8) is 0 Å². The Bertz CT molecular complexity index is 564. The number of benzene rings is 1. The Balaban J connectivity index is 2.23. The molecular weight excluding hydrogens is 323 g/mol. The number of anilines is 1. The van der Waals surface area contributed by atoms with Crippen molar-refractivity contribution < 1.29 is 12.8 Å². The Kier molecular flexibility index (Phi) is 3.66. The molecule has 1 unspecified atom stereocenters. The van der Waals surface area contributed by atoms with Crippen LogP contribution >= 0.6 is 15.9 Å². The first-order chi connectivity index (χ1) is 8.36. The summed E-state index contributed by atoms with van der Waals surface area (Å²) in [6.45, 7) is 0.223. The number of rotatable bonds is 3. The van der Waals surface area contributed by atoms with E-state index in [-0.39, 0.29) is 23.9 Å². The van der Waals surface area contributed by atoms with E-state index in [1.54, 1.807) is 12.1 Å². The molecular formula is C11H14BrFN2O2S. The van der Waals surface area contributed by atoms with E-state index in [9.17, 15) is 12.8 Å². The van der Waals surface area contributed by atoms with Gasteiger partial charge in [-0.25, -0.2) is 12.8 Å². The summed E-state index contributed by atoms with van der Waals surface area (Å²) in [6.07, 6.45) is 0.473. The largest absolute Gasteiger partial charge is 0.377 e. The summed E-state index contributed by atoms with van der Waals surface area (Å²) in [5.41, 5.74) is 5.71. The Morgan fingerprint density at radius 2 is 2.22 bits per heavy atom. The highest BCUT2D eigenvalue weighted by atomic mass is 79.9. The second-order valence-electron chi connectivity index (χ2n) is 4.58. The first kappa shape index (κ1) is 13.8. The number of hydrogen-bond acceptors (Lipinski definition) is 4. The number of sulfone groups is 1. The van der Waals surface area contributed by atoms with Crippen LogP contribution in [0.15, 0.2) is 22.7 Å². The van der Waals surface area contributed by atoms with Crippen LogP contribution in [-0.4, -0.2) is 32.0 Å². The average molecular weight is 337 g/mol. The third-order valence-electron chi connectivity index (χ3n) is 3.11.